The minimum atomic E-state index is 0.862. The summed E-state index contributed by atoms with van der Waals surface area (Å²) < 4.78 is 0. The fraction of sp³-hybridized carbons (Fsp3) is 0.214. The normalized spacial score (nSPS) is 9.59. The summed E-state index contributed by atoms with van der Waals surface area (Å²) in [5.74, 6) is 5.97. The zero-order valence-corrected chi connectivity index (χ0v) is 11.0. The van der Waals surface area contributed by atoms with Gasteiger partial charge in [-0.05, 0) is 12.8 Å². The second-order valence-corrected chi connectivity index (χ2v) is 4.79. The maximum absolute atomic E-state index is 4.59. The molecule has 17 heavy (non-hydrogen) atoms. The standard InChI is InChI=1S/C14H14N2S/c1-4-8-12-14(16(2)3)17-13(15-12)11-9-6-5-7-10-11/h5-7,9-10H,1-3H3. The lowest BCUT2D eigenvalue weighted by atomic mass is 10.2. The Labute approximate surface area is 106 Å². The number of nitrogens with zero attached hydrogens (tertiary/aromatic N) is 2. The van der Waals surface area contributed by atoms with Crippen LogP contribution in [0.4, 0.5) is 5.00 Å². The number of rotatable bonds is 2. The zero-order valence-electron chi connectivity index (χ0n) is 10.2. The summed E-state index contributed by atoms with van der Waals surface area (Å²) in [6.07, 6.45) is 0. The van der Waals surface area contributed by atoms with Gasteiger partial charge in [-0.2, -0.15) is 0 Å². The molecule has 2 rings (SSSR count). The van der Waals surface area contributed by atoms with Crippen molar-refractivity contribution in [1.82, 2.24) is 4.98 Å². The first-order chi connectivity index (χ1) is 8.22. The fourth-order valence-electron chi connectivity index (χ4n) is 1.52. The highest BCUT2D eigenvalue weighted by Gasteiger charge is 2.12. The third-order valence-electron chi connectivity index (χ3n) is 2.28. The van der Waals surface area contributed by atoms with Gasteiger partial charge in [0, 0.05) is 19.7 Å². The van der Waals surface area contributed by atoms with Crippen molar-refractivity contribution in [2.24, 2.45) is 0 Å². The molecular formula is C14H14N2S. The van der Waals surface area contributed by atoms with Crippen molar-refractivity contribution in [2.45, 2.75) is 6.92 Å². The van der Waals surface area contributed by atoms with Crippen molar-refractivity contribution in [3.05, 3.63) is 36.0 Å². The van der Waals surface area contributed by atoms with E-state index in [0.717, 1.165) is 21.3 Å². The van der Waals surface area contributed by atoms with Crippen molar-refractivity contribution < 1.29 is 0 Å². The molecular weight excluding hydrogens is 228 g/mol. The van der Waals surface area contributed by atoms with E-state index in [-0.39, 0.29) is 0 Å². The number of aromatic nitrogens is 1. The fourth-order valence-corrected chi connectivity index (χ4v) is 2.47. The number of hydrogen-bond acceptors (Lipinski definition) is 3. The Bertz CT molecular complexity index is 559. The first-order valence-corrected chi connectivity index (χ1v) is 6.20. The molecule has 0 amide bonds. The van der Waals surface area contributed by atoms with E-state index in [4.69, 9.17) is 0 Å². The number of anilines is 1. The summed E-state index contributed by atoms with van der Waals surface area (Å²) in [5, 5.41) is 2.13. The second kappa shape index (κ2) is 5.03. The van der Waals surface area contributed by atoms with E-state index < -0.39 is 0 Å². The summed E-state index contributed by atoms with van der Waals surface area (Å²) in [7, 11) is 4.03. The Kier molecular flexibility index (Phi) is 3.46. The monoisotopic (exact) mass is 242 g/mol. The molecule has 0 bridgehead atoms. The van der Waals surface area contributed by atoms with Crippen LogP contribution in [0.5, 0.6) is 0 Å². The number of thiazole rings is 1. The lowest BCUT2D eigenvalue weighted by Crippen LogP contribution is -2.08. The third-order valence-corrected chi connectivity index (χ3v) is 3.55. The van der Waals surface area contributed by atoms with Crippen LogP contribution < -0.4 is 4.90 Å². The van der Waals surface area contributed by atoms with E-state index in [1.807, 2.05) is 39.2 Å². The molecule has 1 aromatic carbocycles. The Morgan fingerprint density at radius 2 is 1.88 bits per heavy atom. The highest BCUT2D eigenvalue weighted by molar-refractivity contribution is 7.19. The molecule has 2 nitrogen and oxygen atoms in total. The van der Waals surface area contributed by atoms with Crippen LogP contribution in [0.15, 0.2) is 30.3 Å². The van der Waals surface area contributed by atoms with Gasteiger partial charge in [0.2, 0.25) is 0 Å². The Morgan fingerprint density at radius 1 is 1.18 bits per heavy atom. The van der Waals surface area contributed by atoms with Crippen LogP contribution in [0.1, 0.15) is 12.6 Å². The predicted molar refractivity (Wildman–Crippen MR) is 74.4 cm³/mol. The average Bonchev–Trinajstić information content (AvgIpc) is 2.75. The molecule has 1 aromatic heterocycles. The Hall–Kier alpha value is -1.79. The molecule has 0 saturated heterocycles. The van der Waals surface area contributed by atoms with E-state index in [9.17, 15) is 0 Å². The van der Waals surface area contributed by atoms with Gasteiger partial charge in [-0.1, -0.05) is 47.6 Å². The van der Waals surface area contributed by atoms with Crippen LogP contribution in [0.2, 0.25) is 0 Å². The molecule has 86 valence electrons. The molecule has 0 saturated carbocycles. The molecule has 0 fully saturated rings. The number of hydrogen-bond donors (Lipinski definition) is 0. The smallest absolute Gasteiger partial charge is 0.148 e. The first kappa shape index (κ1) is 11.7. The molecule has 1 heterocycles. The van der Waals surface area contributed by atoms with Crippen LogP contribution in [0, 0.1) is 11.8 Å². The van der Waals surface area contributed by atoms with Gasteiger partial charge >= 0.3 is 0 Å². The maximum Gasteiger partial charge on any atom is 0.148 e. The van der Waals surface area contributed by atoms with Gasteiger partial charge in [0.15, 0.2) is 0 Å². The van der Waals surface area contributed by atoms with E-state index in [1.165, 1.54) is 0 Å². The van der Waals surface area contributed by atoms with Crippen LogP contribution in [-0.2, 0) is 0 Å². The van der Waals surface area contributed by atoms with Crippen LogP contribution in [0.25, 0.3) is 10.6 Å². The number of benzene rings is 1. The summed E-state index contributed by atoms with van der Waals surface area (Å²) in [4.78, 5) is 6.65. The molecule has 0 spiro atoms. The van der Waals surface area contributed by atoms with Gasteiger partial charge in [-0.3, -0.25) is 0 Å². The minimum absolute atomic E-state index is 0.862. The van der Waals surface area contributed by atoms with Gasteiger partial charge in [0.25, 0.3) is 0 Å². The van der Waals surface area contributed by atoms with Gasteiger partial charge in [-0.25, -0.2) is 4.98 Å². The zero-order chi connectivity index (χ0) is 12.3. The summed E-state index contributed by atoms with van der Waals surface area (Å²) >= 11 is 1.67. The third kappa shape index (κ3) is 2.48. The average molecular weight is 242 g/mol. The van der Waals surface area contributed by atoms with Crippen molar-refractivity contribution in [2.75, 3.05) is 19.0 Å². The van der Waals surface area contributed by atoms with Gasteiger partial charge in [-0.15, -0.1) is 0 Å². The lowest BCUT2D eigenvalue weighted by molar-refractivity contribution is 1.14. The van der Waals surface area contributed by atoms with E-state index >= 15 is 0 Å². The minimum Gasteiger partial charge on any atom is -0.367 e. The largest absolute Gasteiger partial charge is 0.367 e. The summed E-state index contributed by atoms with van der Waals surface area (Å²) in [5.41, 5.74) is 2.01. The SMILES string of the molecule is CC#Cc1nc(-c2ccccc2)sc1N(C)C. The first-order valence-electron chi connectivity index (χ1n) is 5.38. The Morgan fingerprint density at radius 3 is 2.47 bits per heavy atom. The van der Waals surface area contributed by atoms with Crippen LogP contribution >= 0.6 is 11.3 Å². The molecule has 0 aliphatic rings. The van der Waals surface area contributed by atoms with Gasteiger partial charge in [0.1, 0.15) is 15.7 Å². The Balaban J connectivity index is 2.50. The second-order valence-electron chi connectivity index (χ2n) is 3.81. The van der Waals surface area contributed by atoms with E-state index in [2.05, 4.69) is 33.9 Å². The van der Waals surface area contributed by atoms with E-state index in [0.29, 0.717) is 0 Å². The quantitative estimate of drug-likeness (QED) is 0.752. The highest BCUT2D eigenvalue weighted by atomic mass is 32.1. The highest BCUT2D eigenvalue weighted by Crippen LogP contribution is 2.33. The molecule has 0 N–H and O–H groups in total. The van der Waals surface area contributed by atoms with Crippen molar-refractivity contribution in [3.8, 4) is 22.4 Å². The van der Waals surface area contributed by atoms with Crippen molar-refractivity contribution >= 4 is 16.3 Å². The summed E-state index contributed by atoms with van der Waals surface area (Å²) in [6.45, 7) is 1.83. The molecule has 0 aliphatic carbocycles. The molecule has 0 atom stereocenters. The molecule has 0 radical (unpaired) electrons. The molecule has 0 aliphatic heterocycles. The summed E-state index contributed by atoms with van der Waals surface area (Å²) in [6, 6.07) is 10.2. The lowest BCUT2D eigenvalue weighted by Gasteiger charge is -2.07. The molecule has 0 unspecified atom stereocenters. The van der Waals surface area contributed by atoms with Crippen molar-refractivity contribution in [3.63, 3.8) is 0 Å². The molecule has 2 aromatic rings. The topological polar surface area (TPSA) is 16.1 Å². The van der Waals surface area contributed by atoms with Gasteiger partial charge in [0.05, 0.1) is 0 Å². The van der Waals surface area contributed by atoms with Crippen LogP contribution in [0.3, 0.4) is 0 Å². The van der Waals surface area contributed by atoms with Gasteiger partial charge < -0.3 is 4.90 Å². The van der Waals surface area contributed by atoms with Crippen LogP contribution in [-0.4, -0.2) is 19.1 Å². The van der Waals surface area contributed by atoms with E-state index in [1.54, 1.807) is 11.3 Å². The maximum atomic E-state index is 4.59. The predicted octanol–water partition coefficient (Wildman–Crippen LogP) is 3.25. The molecule has 3 heteroatoms. The van der Waals surface area contributed by atoms with Crippen molar-refractivity contribution in [1.29, 1.82) is 0 Å².